The number of rotatable bonds is 4. The molecular weight excluding hydrogens is 270 g/mol. The smallest absolute Gasteiger partial charge is 0.228 e. The van der Waals surface area contributed by atoms with Crippen LogP contribution in [0.15, 0.2) is 36.4 Å². The summed E-state index contributed by atoms with van der Waals surface area (Å²) >= 11 is 0. The zero-order chi connectivity index (χ0) is 15.0. The summed E-state index contributed by atoms with van der Waals surface area (Å²) in [4.78, 5) is 23.8. The summed E-state index contributed by atoms with van der Waals surface area (Å²) in [6, 6.07) is 7.06. The van der Waals surface area contributed by atoms with Gasteiger partial charge in [-0.2, -0.15) is 0 Å². The number of carbonyl (C=O) groups is 2. The minimum absolute atomic E-state index is 0.0207. The quantitative estimate of drug-likeness (QED) is 0.831. The Labute approximate surface area is 122 Å². The lowest BCUT2D eigenvalue weighted by Crippen LogP contribution is -2.42. The summed E-state index contributed by atoms with van der Waals surface area (Å²) < 4.78 is 5.19. The lowest BCUT2D eigenvalue weighted by atomic mass is 9.82. The molecule has 0 spiro atoms. The zero-order valence-electron chi connectivity index (χ0n) is 11.6. The molecular formula is C16H16NO4-. The number of amides is 1. The molecule has 0 radical (unpaired) electrons. The molecule has 110 valence electrons. The molecule has 1 aromatic rings. The molecule has 1 fully saturated rings. The number of carbonyl (C=O) groups excluding carboxylic acids is 2. The van der Waals surface area contributed by atoms with E-state index in [1.807, 2.05) is 12.2 Å². The standard InChI is InChI=1S/C16H17NO4/c1-21-12-5-3-2-4-11(12)17-15(18)13-9-6-7-10(8-9)14(13)16(19)20/h2-7,9-10,13-14H,8H2,1H3,(H,17,18)(H,19,20)/p-1/t9-,10+,13+,14+/m1/s1. The third-order valence-electron chi connectivity index (χ3n) is 4.40. The Hall–Kier alpha value is -2.30. The number of hydrogen-bond acceptors (Lipinski definition) is 4. The van der Waals surface area contributed by atoms with E-state index in [0.717, 1.165) is 0 Å². The minimum Gasteiger partial charge on any atom is -0.550 e. The normalized spacial score (nSPS) is 29.4. The average molecular weight is 286 g/mol. The van der Waals surface area contributed by atoms with Gasteiger partial charge >= 0.3 is 0 Å². The van der Waals surface area contributed by atoms with Crippen LogP contribution in [-0.4, -0.2) is 19.0 Å². The van der Waals surface area contributed by atoms with Crippen LogP contribution in [0.4, 0.5) is 5.69 Å². The number of carboxylic acid groups (broad SMARTS) is 1. The molecule has 3 rings (SSSR count). The lowest BCUT2D eigenvalue weighted by Gasteiger charge is -2.28. The Bertz CT molecular complexity index is 610. The third-order valence-corrected chi connectivity index (χ3v) is 4.40. The number of anilines is 1. The Morgan fingerprint density at radius 3 is 2.52 bits per heavy atom. The van der Waals surface area contributed by atoms with Crippen molar-refractivity contribution in [2.45, 2.75) is 6.42 Å². The van der Waals surface area contributed by atoms with E-state index >= 15 is 0 Å². The van der Waals surface area contributed by atoms with Crippen molar-refractivity contribution in [2.75, 3.05) is 12.4 Å². The van der Waals surface area contributed by atoms with E-state index in [0.29, 0.717) is 17.9 Å². The molecule has 0 unspecified atom stereocenters. The molecule has 21 heavy (non-hydrogen) atoms. The van der Waals surface area contributed by atoms with Crippen molar-refractivity contribution >= 4 is 17.6 Å². The van der Waals surface area contributed by atoms with Crippen LogP contribution in [0.25, 0.3) is 0 Å². The van der Waals surface area contributed by atoms with Crippen LogP contribution in [0.1, 0.15) is 6.42 Å². The van der Waals surface area contributed by atoms with E-state index < -0.39 is 17.8 Å². The van der Waals surface area contributed by atoms with Crippen LogP contribution in [0.3, 0.4) is 0 Å². The van der Waals surface area contributed by atoms with Gasteiger partial charge < -0.3 is 20.0 Å². The number of aliphatic carboxylic acids is 1. The molecule has 2 aliphatic rings. The molecule has 4 atom stereocenters. The first-order chi connectivity index (χ1) is 10.1. The number of para-hydroxylation sites is 2. The molecule has 1 saturated carbocycles. The maximum absolute atomic E-state index is 12.5. The number of fused-ring (bicyclic) bond motifs is 2. The SMILES string of the molecule is COc1ccccc1NC(=O)[C@@H]1[C@@H](C(=O)[O-])[C@H]2C=C[C@@H]1C2. The third kappa shape index (κ3) is 2.28. The largest absolute Gasteiger partial charge is 0.550 e. The van der Waals surface area contributed by atoms with E-state index in [-0.39, 0.29) is 17.7 Å². The van der Waals surface area contributed by atoms with E-state index in [2.05, 4.69) is 5.32 Å². The van der Waals surface area contributed by atoms with Gasteiger partial charge in [-0.3, -0.25) is 4.79 Å². The molecule has 0 aliphatic heterocycles. The molecule has 0 aromatic heterocycles. The van der Waals surface area contributed by atoms with Gasteiger partial charge in [0, 0.05) is 11.9 Å². The highest BCUT2D eigenvalue weighted by atomic mass is 16.5. The van der Waals surface area contributed by atoms with Crippen LogP contribution in [0.2, 0.25) is 0 Å². The summed E-state index contributed by atoms with van der Waals surface area (Å²) in [6.07, 6.45) is 4.54. The number of ether oxygens (including phenoxy) is 1. The van der Waals surface area contributed by atoms with Crippen LogP contribution in [0.5, 0.6) is 5.75 Å². The number of hydrogen-bond donors (Lipinski definition) is 1. The molecule has 2 bridgehead atoms. The van der Waals surface area contributed by atoms with Gasteiger partial charge in [0.1, 0.15) is 5.75 Å². The number of benzene rings is 1. The van der Waals surface area contributed by atoms with Crippen molar-refractivity contribution in [2.24, 2.45) is 23.7 Å². The monoisotopic (exact) mass is 286 g/mol. The van der Waals surface area contributed by atoms with Gasteiger partial charge in [-0.1, -0.05) is 24.3 Å². The molecule has 2 aliphatic carbocycles. The van der Waals surface area contributed by atoms with E-state index in [1.165, 1.54) is 7.11 Å². The van der Waals surface area contributed by atoms with Crippen molar-refractivity contribution in [3.8, 4) is 5.75 Å². The summed E-state index contributed by atoms with van der Waals surface area (Å²) in [7, 11) is 1.52. The summed E-state index contributed by atoms with van der Waals surface area (Å²) in [5, 5.41) is 14.1. The molecule has 5 heteroatoms. The van der Waals surface area contributed by atoms with Crippen LogP contribution < -0.4 is 15.2 Å². The maximum Gasteiger partial charge on any atom is 0.228 e. The molecule has 0 heterocycles. The number of nitrogens with one attached hydrogen (secondary N) is 1. The number of carboxylic acids is 1. The first-order valence-corrected chi connectivity index (χ1v) is 6.95. The predicted molar refractivity (Wildman–Crippen MR) is 74.3 cm³/mol. The second-order valence-electron chi connectivity index (χ2n) is 5.51. The van der Waals surface area contributed by atoms with E-state index in [9.17, 15) is 14.7 Å². The highest BCUT2D eigenvalue weighted by molar-refractivity contribution is 5.97. The van der Waals surface area contributed by atoms with Gasteiger partial charge in [-0.05, 0) is 30.4 Å². The maximum atomic E-state index is 12.5. The molecule has 5 nitrogen and oxygen atoms in total. The second kappa shape index (κ2) is 5.24. The lowest BCUT2D eigenvalue weighted by molar-refractivity contribution is -0.313. The first-order valence-electron chi connectivity index (χ1n) is 6.95. The number of allylic oxidation sites excluding steroid dienone is 2. The fourth-order valence-corrected chi connectivity index (χ4v) is 3.46. The Balaban J connectivity index is 1.82. The van der Waals surface area contributed by atoms with Gasteiger partial charge in [0.25, 0.3) is 0 Å². The Morgan fingerprint density at radius 2 is 1.86 bits per heavy atom. The fourth-order valence-electron chi connectivity index (χ4n) is 3.46. The molecule has 1 aromatic carbocycles. The van der Waals surface area contributed by atoms with E-state index in [1.54, 1.807) is 24.3 Å². The van der Waals surface area contributed by atoms with Crippen LogP contribution >= 0.6 is 0 Å². The fraction of sp³-hybridized carbons (Fsp3) is 0.375. The van der Waals surface area contributed by atoms with Crippen molar-refractivity contribution < 1.29 is 19.4 Å². The highest BCUT2D eigenvalue weighted by Gasteiger charge is 2.48. The van der Waals surface area contributed by atoms with Gasteiger partial charge in [0.2, 0.25) is 5.91 Å². The average Bonchev–Trinajstić information content (AvgIpc) is 3.08. The predicted octanol–water partition coefficient (Wildman–Crippen LogP) is 0.822. The first kappa shape index (κ1) is 13.7. The van der Waals surface area contributed by atoms with Crippen molar-refractivity contribution in [1.29, 1.82) is 0 Å². The van der Waals surface area contributed by atoms with Gasteiger partial charge in [-0.15, -0.1) is 0 Å². The second-order valence-corrected chi connectivity index (χ2v) is 5.51. The highest BCUT2D eigenvalue weighted by Crippen LogP contribution is 2.48. The summed E-state index contributed by atoms with van der Waals surface area (Å²) in [5.41, 5.74) is 0.550. The van der Waals surface area contributed by atoms with Gasteiger partial charge in [-0.25, -0.2) is 0 Å². The molecule has 1 amide bonds. The van der Waals surface area contributed by atoms with Crippen molar-refractivity contribution in [3.05, 3.63) is 36.4 Å². The van der Waals surface area contributed by atoms with Gasteiger partial charge in [0.15, 0.2) is 0 Å². The number of methoxy groups -OCH3 is 1. The zero-order valence-corrected chi connectivity index (χ0v) is 11.6. The molecule has 0 saturated heterocycles. The van der Waals surface area contributed by atoms with Crippen LogP contribution in [-0.2, 0) is 9.59 Å². The topological polar surface area (TPSA) is 78.5 Å². The summed E-state index contributed by atoms with van der Waals surface area (Å²) in [6.45, 7) is 0. The Morgan fingerprint density at radius 1 is 1.19 bits per heavy atom. The van der Waals surface area contributed by atoms with E-state index in [4.69, 9.17) is 4.74 Å². The van der Waals surface area contributed by atoms with Gasteiger partial charge in [0.05, 0.1) is 18.7 Å². The summed E-state index contributed by atoms with van der Waals surface area (Å²) in [5.74, 6) is -2.31. The minimum atomic E-state index is -1.15. The van der Waals surface area contributed by atoms with Crippen molar-refractivity contribution in [1.82, 2.24) is 0 Å². The van der Waals surface area contributed by atoms with Crippen molar-refractivity contribution in [3.63, 3.8) is 0 Å². The molecule has 1 N–H and O–H groups in total. The van der Waals surface area contributed by atoms with Crippen LogP contribution in [0, 0.1) is 23.7 Å². The Kier molecular flexibility index (Phi) is 3.41.